The third-order valence-corrected chi connectivity index (χ3v) is 4.65. The van der Waals surface area contributed by atoms with E-state index >= 15 is 0 Å². The van der Waals surface area contributed by atoms with E-state index < -0.39 is 5.60 Å². The zero-order valence-corrected chi connectivity index (χ0v) is 17.4. The minimum absolute atomic E-state index is 0.0718. The van der Waals surface area contributed by atoms with Crippen LogP contribution in [-0.4, -0.2) is 59.3 Å². The van der Waals surface area contributed by atoms with Crippen molar-refractivity contribution in [1.29, 1.82) is 0 Å². The maximum atomic E-state index is 12.6. The molecule has 1 saturated heterocycles. The molecule has 0 N–H and O–H groups in total. The number of carbonyl (C=O) groups is 1. The van der Waals surface area contributed by atoms with Crippen LogP contribution in [0.15, 0.2) is 24.3 Å². The molecule has 1 aromatic heterocycles. The van der Waals surface area contributed by atoms with Crippen LogP contribution in [0.3, 0.4) is 0 Å². The van der Waals surface area contributed by atoms with Gasteiger partial charge in [0.15, 0.2) is 5.82 Å². The topological polar surface area (TPSA) is 67.8 Å². The van der Waals surface area contributed by atoms with Gasteiger partial charge in [-0.25, -0.2) is 14.8 Å². The van der Waals surface area contributed by atoms with Gasteiger partial charge in [-0.15, -0.1) is 0 Å². The number of para-hydroxylation sites is 2. The van der Waals surface area contributed by atoms with Crippen LogP contribution < -0.4 is 9.64 Å². The summed E-state index contributed by atoms with van der Waals surface area (Å²) in [4.78, 5) is 25.8. The lowest BCUT2D eigenvalue weighted by Crippen LogP contribution is -2.44. The molecule has 7 nitrogen and oxygen atoms in total. The molecule has 0 radical (unpaired) electrons. The fraction of sp³-hybridized carbons (Fsp3) is 0.571. The van der Waals surface area contributed by atoms with Crippen molar-refractivity contribution in [3.63, 3.8) is 0 Å². The number of ether oxygens (including phenoxy) is 2. The number of aromatic nitrogens is 2. The van der Waals surface area contributed by atoms with Gasteiger partial charge in [0, 0.05) is 20.1 Å². The van der Waals surface area contributed by atoms with E-state index in [1.807, 2.05) is 68.8 Å². The highest BCUT2D eigenvalue weighted by molar-refractivity contribution is 5.77. The first-order valence-corrected chi connectivity index (χ1v) is 9.89. The number of hydrogen-bond donors (Lipinski definition) is 0. The number of likely N-dealkylation sites (N-methyl/N-ethyl adjacent to an activating group) is 1. The summed E-state index contributed by atoms with van der Waals surface area (Å²) in [7, 11) is 1.97. The van der Waals surface area contributed by atoms with Gasteiger partial charge in [0.05, 0.1) is 23.7 Å². The lowest BCUT2D eigenvalue weighted by Gasteiger charge is -2.31. The number of fused-ring (bicyclic) bond motifs is 1. The Balaban J connectivity index is 1.80. The number of amides is 1. The molecule has 0 aliphatic carbocycles. The van der Waals surface area contributed by atoms with E-state index in [2.05, 4.69) is 4.98 Å². The maximum Gasteiger partial charge on any atom is 0.410 e. The molecule has 152 valence electrons. The Morgan fingerprint density at radius 3 is 2.57 bits per heavy atom. The largest absolute Gasteiger partial charge is 0.475 e. The summed E-state index contributed by atoms with van der Waals surface area (Å²) in [5, 5.41) is 0. The van der Waals surface area contributed by atoms with Crippen LogP contribution in [0.1, 0.15) is 40.5 Å². The molecule has 1 aliphatic heterocycles. The van der Waals surface area contributed by atoms with Crippen LogP contribution in [0.25, 0.3) is 11.0 Å². The summed E-state index contributed by atoms with van der Waals surface area (Å²) in [5.41, 5.74) is 1.13. The van der Waals surface area contributed by atoms with Gasteiger partial charge in [0.1, 0.15) is 5.60 Å². The van der Waals surface area contributed by atoms with Gasteiger partial charge in [0.25, 0.3) is 5.88 Å². The van der Waals surface area contributed by atoms with Crippen molar-refractivity contribution in [3.8, 4) is 5.88 Å². The molecule has 0 saturated carbocycles. The van der Waals surface area contributed by atoms with Crippen LogP contribution in [0.4, 0.5) is 10.6 Å². The number of rotatable bonds is 5. The van der Waals surface area contributed by atoms with Crippen molar-refractivity contribution in [2.24, 2.45) is 0 Å². The van der Waals surface area contributed by atoms with Crippen LogP contribution in [-0.2, 0) is 4.74 Å². The molecule has 1 aliphatic rings. The number of hydrogen-bond acceptors (Lipinski definition) is 6. The van der Waals surface area contributed by atoms with Crippen molar-refractivity contribution in [2.75, 3.05) is 31.6 Å². The summed E-state index contributed by atoms with van der Waals surface area (Å²) in [5.74, 6) is 1.21. The van der Waals surface area contributed by atoms with Gasteiger partial charge in [-0.1, -0.05) is 12.1 Å². The first kappa shape index (κ1) is 20.2. The second-order valence-electron chi connectivity index (χ2n) is 8.12. The summed E-state index contributed by atoms with van der Waals surface area (Å²) < 4.78 is 11.3. The standard InChI is InChI=1S/C21H30N4O3/c1-6-27-19-18(22-16-11-7-8-12-17(16)23-19)24(5)14-15-10-9-13-25(15)20(26)28-21(2,3)4/h7-8,11-12,15H,6,9-10,13-14H2,1-5H3. The molecule has 0 bridgehead atoms. The molecule has 1 fully saturated rings. The summed E-state index contributed by atoms with van der Waals surface area (Å²) in [6.07, 6.45) is 1.66. The zero-order chi connectivity index (χ0) is 20.3. The number of carbonyl (C=O) groups excluding carboxylic acids is 1. The predicted octanol–water partition coefficient (Wildman–Crippen LogP) is 3.86. The third kappa shape index (κ3) is 4.64. The highest BCUT2D eigenvalue weighted by atomic mass is 16.6. The smallest absolute Gasteiger partial charge is 0.410 e. The Hall–Kier alpha value is -2.57. The second-order valence-corrected chi connectivity index (χ2v) is 8.12. The van der Waals surface area contributed by atoms with E-state index in [0.717, 1.165) is 30.4 Å². The Morgan fingerprint density at radius 2 is 1.93 bits per heavy atom. The fourth-order valence-electron chi connectivity index (χ4n) is 3.45. The van der Waals surface area contributed by atoms with Gasteiger partial charge in [-0.2, -0.15) is 0 Å². The normalized spacial score (nSPS) is 17.0. The molecular weight excluding hydrogens is 356 g/mol. The zero-order valence-electron chi connectivity index (χ0n) is 17.4. The molecule has 1 aromatic carbocycles. The van der Waals surface area contributed by atoms with E-state index in [0.29, 0.717) is 24.8 Å². The average molecular weight is 386 g/mol. The summed E-state index contributed by atoms with van der Waals surface area (Å²) >= 11 is 0. The van der Waals surface area contributed by atoms with E-state index in [1.54, 1.807) is 0 Å². The summed E-state index contributed by atoms with van der Waals surface area (Å²) in [6.45, 7) is 9.48. The van der Waals surface area contributed by atoms with Crippen LogP contribution in [0.5, 0.6) is 5.88 Å². The highest BCUT2D eigenvalue weighted by Gasteiger charge is 2.33. The second kappa shape index (κ2) is 8.20. The quantitative estimate of drug-likeness (QED) is 0.777. The van der Waals surface area contributed by atoms with Gasteiger partial charge in [-0.05, 0) is 52.7 Å². The predicted molar refractivity (Wildman–Crippen MR) is 110 cm³/mol. The average Bonchev–Trinajstić information content (AvgIpc) is 3.08. The number of benzene rings is 1. The van der Waals surface area contributed by atoms with Crippen LogP contribution >= 0.6 is 0 Å². The molecule has 2 heterocycles. The van der Waals surface area contributed by atoms with Crippen molar-refractivity contribution >= 4 is 22.9 Å². The molecule has 1 atom stereocenters. The van der Waals surface area contributed by atoms with Crippen LogP contribution in [0.2, 0.25) is 0 Å². The first-order valence-electron chi connectivity index (χ1n) is 9.89. The molecule has 7 heteroatoms. The third-order valence-electron chi connectivity index (χ3n) is 4.65. The fourth-order valence-corrected chi connectivity index (χ4v) is 3.45. The molecule has 1 unspecified atom stereocenters. The van der Waals surface area contributed by atoms with Gasteiger partial charge < -0.3 is 19.3 Å². The van der Waals surface area contributed by atoms with E-state index in [4.69, 9.17) is 14.5 Å². The van der Waals surface area contributed by atoms with Gasteiger partial charge in [0.2, 0.25) is 0 Å². The number of nitrogens with zero attached hydrogens (tertiary/aromatic N) is 4. The maximum absolute atomic E-state index is 12.6. The molecule has 28 heavy (non-hydrogen) atoms. The first-order chi connectivity index (χ1) is 13.3. The molecule has 0 spiro atoms. The minimum atomic E-state index is -0.498. The lowest BCUT2D eigenvalue weighted by atomic mass is 10.2. The molecular formula is C21H30N4O3. The van der Waals surface area contributed by atoms with Gasteiger partial charge in [-0.3, -0.25) is 0 Å². The van der Waals surface area contributed by atoms with Crippen molar-refractivity contribution < 1.29 is 14.3 Å². The van der Waals surface area contributed by atoms with Crippen molar-refractivity contribution in [3.05, 3.63) is 24.3 Å². The van der Waals surface area contributed by atoms with E-state index in [9.17, 15) is 4.79 Å². The Morgan fingerprint density at radius 1 is 1.25 bits per heavy atom. The van der Waals surface area contributed by atoms with Crippen LogP contribution in [0, 0.1) is 0 Å². The van der Waals surface area contributed by atoms with E-state index in [1.165, 1.54) is 0 Å². The molecule has 2 aromatic rings. The highest BCUT2D eigenvalue weighted by Crippen LogP contribution is 2.28. The minimum Gasteiger partial charge on any atom is -0.475 e. The number of anilines is 1. The Bertz CT molecular complexity index is 834. The number of likely N-dealkylation sites (tertiary alicyclic amines) is 1. The summed E-state index contributed by atoms with van der Waals surface area (Å²) in [6, 6.07) is 7.83. The Labute approximate surface area is 166 Å². The van der Waals surface area contributed by atoms with Crippen molar-refractivity contribution in [2.45, 2.75) is 52.2 Å². The monoisotopic (exact) mass is 386 g/mol. The van der Waals surface area contributed by atoms with Crippen molar-refractivity contribution in [1.82, 2.24) is 14.9 Å². The Kier molecular flexibility index (Phi) is 5.91. The lowest BCUT2D eigenvalue weighted by molar-refractivity contribution is 0.0232. The molecule has 1 amide bonds. The molecule has 3 rings (SSSR count). The SMILES string of the molecule is CCOc1nc2ccccc2nc1N(C)CC1CCCN1C(=O)OC(C)(C)C. The van der Waals surface area contributed by atoms with E-state index in [-0.39, 0.29) is 12.1 Å². The van der Waals surface area contributed by atoms with Gasteiger partial charge >= 0.3 is 6.09 Å².